The molecule has 0 aromatic heterocycles. The lowest BCUT2D eigenvalue weighted by molar-refractivity contribution is 0.0968. The zero-order valence-corrected chi connectivity index (χ0v) is 13.4. The highest BCUT2D eigenvalue weighted by atomic mass is 35.5. The molecule has 1 fully saturated rings. The minimum atomic E-state index is -0.608. The molecular formula is C15H21Cl2NO3. The Balaban J connectivity index is 1.54. The Bertz CT molecular complexity index is 441. The van der Waals surface area contributed by atoms with Crippen molar-refractivity contribution in [2.75, 3.05) is 32.9 Å². The second-order valence-electron chi connectivity index (χ2n) is 5.26. The van der Waals surface area contributed by atoms with E-state index in [9.17, 15) is 5.11 Å². The highest BCUT2D eigenvalue weighted by molar-refractivity contribution is 6.34. The van der Waals surface area contributed by atoms with E-state index >= 15 is 0 Å². The molecule has 0 aliphatic heterocycles. The molecule has 1 aliphatic rings. The number of nitrogens with one attached hydrogen (secondary N) is 1. The first kappa shape index (κ1) is 16.8. The maximum Gasteiger partial charge on any atom is 0.139 e. The van der Waals surface area contributed by atoms with Crippen LogP contribution in [0.2, 0.25) is 10.0 Å². The van der Waals surface area contributed by atoms with Crippen LogP contribution in [0.4, 0.5) is 0 Å². The van der Waals surface area contributed by atoms with Gasteiger partial charge in [-0.15, -0.1) is 0 Å². The smallest absolute Gasteiger partial charge is 0.139 e. The van der Waals surface area contributed by atoms with Gasteiger partial charge in [0.05, 0.1) is 11.6 Å². The number of ether oxygens (including phenoxy) is 2. The predicted octanol–water partition coefficient (Wildman–Crippen LogP) is 2.75. The normalized spacial score (nSPS) is 16.0. The minimum Gasteiger partial charge on any atom is -0.489 e. The standard InChI is InChI=1S/C15H21Cl2NO3/c16-12-3-4-14(17)15(7-12)21-10-13(19)8-18-5-6-20-9-11-1-2-11/h3-4,7,11,13,18-19H,1-2,5-6,8-10H2. The fourth-order valence-electron chi connectivity index (χ4n) is 1.78. The van der Waals surface area contributed by atoms with Gasteiger partial charge in [0, 0.05) is 30.8 Å². The van der Waals surface area contributed by atoms with Crippen LogP contribution in [0, 0.1) is 5.92 Å². The highest BCUT2D eigenvalue weighted by Gasteiger charge is 2.20. The predicted molar refractivity (Wildman–Crippen MR) is 84.4 cm³/mol. The van der Waals surface area contributed by atoms with Gasteiger partial charge in [-0.25, -0.2) is 0 Å². The van der Waals surface area contributed by atoms with E-state index in [1.807, 2.05) is 0 Å². The summed E-state index contributed by atoms with van der Waals surface area (Å²) in [6.07, 6.45) is 1.99. The van der Waals surface area contributed by atoms with Crippen LogP contribution in [-0.4, -0.2) is 44.1 Å². The summed E-state index contributed by atoms with van der Waals surface area (Å²) in [4.78, 5) is 0. The number of aliphatic hydroxyl groups is 1. The second kappa shape index (κ2) is 8.81. The average molecular weight is 334 g/mol. The van der Waals surface area contributed by atoms with Crippen LogP contribution in [0.15, 0.2) is 18.2 Å². The number of rotatable bonds is 10. The third-order valence-electron chi connectivity index (χ3n) is 3.18. The van der Waals surface area contributed by atoms with E-state index in [0.717, 1.165) is 19.1 Å². The third kappa shape index (κ3) is 6.85. The second-order valence-corrected chi connectivity index (χ2v) is 6.11. The Morgan fingerprint density at radius 2 is 2.14 bits per heavy atom. The zero-order chi connectivity index (χ0) is 15.1. The molecule has 1 saturated carbocycles. The summed E-state index contributed by atoms with van der Waals surface area (Å²) >= 11 is 11.8. The van der Waals surface area contributed by atoms with Crippen molar-refractivity contribution < 1.29 is 14.6 Å². The van der Waals surface area contributed by atoms with Gasteiger partial charge >= 0.3 is 0 Å². The van der Waals surface area contributed by atoms with Gasteiger partial charge in [-0.3, -0.25) is 0 Å². The van der Waals surface area contributed by atoms with Gasteiger partial charge in [0.2, 0.25) is 0 Å². The van der Waals surface area contributed by atoms with Crippen molar-refractivity contribution in [2.45, 2.75) is 18.9 Å². The molecule has 0 saturated heterocycles. The Morgan fingerprint density at radius 1 is 1.33 bits per heavy atom. The van der Waals surface area contributed by atoms with Gasteiger partial charge in [0.15, 0.2) is 0 Å². The first-order chi connectivity index (χ1) is 10.1. The first-order valence-corrected chi connectivity index (χ1v) is 7.95. The lowest BCUT2D eigenvalue weighted by atomic mass is 10.3. The maximum absolute atomic E-state index is 9.82. The number of halogens is 2. The molecule has 1 aromatic carbocycles. The molecule has 0 bridgehead atoms. The van der Waals surface area contributed by atoms with Crippen LogP contribution in [-0.2, 0) is 4.74 Å². The summed E-state index contributed by atoms with van der Waals surface area (Å²) in [5.74, 6) is 1.27. The third-order valence-corrected chi connectivity index (χ3v) is 3.73. The number of hydrogen-bond donors (Lipinski definition) is 2. The van der Waals surface area contributed by atoms with Crippen LogP contribution in [0.5, 0.6) is 5.75 Å². The van der Waals surface area contributed by atoms with E-state index in [-0.39, 0.29) is 6.61 Å². The molecule has 0 spiro atoms. The molecule has 6 heteroatoms. The lowest BCUT2D eigenvalue weighted by Gasteiger charge is -2.14. The Morgan fingerprint density at radius 3 is 2.90 bits per heavy atom. The molecule has 0 radical (unpaired) electrons. The number of aliphatic hydroxyl groups excluding tert-OH is 1. The first-order valence-electron chi connectivity index (χ1n) is 7.19. The van der Waals surface area contributed by atoms with Crippen molar-refractivity contribution in [3.8, 4) is 5.75 Å². The molecule has 1 atom stereocenters. The van der Waals surface area contributed by atoms with Crippen LogP contribution in [0.1, 0.15) is 12.8 Å². The molecule has 4 nitrogen and oxygen atoms in total. The van der Waals surface area contributed by atoms with Crippen molar-refractivity contribution in [2.24, 2.45) is 5.92 Å². The van der Waals surface area contributed by atoms with E-state index < -0.39 is 6.10 Å². The Hall–Kier alpha value is -0.520. The van der Waals surface area contributed by atoms with E-state index in [2.05, 4.69) is 5.32 Å². The minimum absolute atomic E-state index is 0.163. The van der Waals surface area contributed by atoms with Gasteiger partial charge in [-0.05, 0) is 30.9 Å². The van der Waals surface area contributed by atoms with Gasteiger partial charge in [-0.1, -0.05) is 23.2 Å². The van der Waals surface area contributed by atoms with Crippen LogP contribution < -0.4 is 10.1 Å². The molecule has 1 aromatic rings. The van der Waals surface area contributed by atoms with Gasteiger partial charge in [0.1, 0.15) is 18.5 Å². The maximum atomic E-state index is 9.82. The molecule has 1 unspecified atom stereocenters. The van der Waals surface area contributed by atoms with Gasteiger partial charge in [0.25, 0.3) is 0 Å². The monoisotopic (exact) mass is 333 g/mol. The molecule has 21 heavy (non-hydrogen) atoms. The van der Waals surface area contributed by atoms with Crippen molar-refractivity contribution in [1.82, 2.24) is 5.32 Å². The van der Waals surface area contributed by atoms with Gasteiger partial charge in [-0.2, -0.15) is 0 Å². The highest BCUT2D eigenvalue weighted by Crippen LogP contribution is 2.28. The fourth-order valence-corrected chi connectivity index (χ4v) is 2.11. The fraction of sp³-hybridized carbons (Fsp3) is 0.600. The summed E-state index contributed by atoms with van der Waals surface area (Å²) < 4.78 is 10.9. The summed E-state index contributed by atoms with van der Waals surface area (Å²) in [5.41, 5.74) is 0. The van der Waals surface area contributed by atoms with Crippen LogP contribution in [0.25, 0.3) is 0 Å². The summed E-state index contributed by atoms with van der Waals surface area (Å²) in [5, 5.41) is 14.0. The summed E-state index contributed by atoms with van der Waals surface area (Å²) in [6, 6.07) is 4.99. The van der Waals surface area contributed by atoms with Crippen molar-refractivity contribution in [3.05, 3.63) is 28.2 Å². The molecule has 2 N–H and O–H groups in total. The summed E-state index contributed by atoms with van der Waals surface area (Å²) in [7, 11) is 0. The van der Waals surface area contributed by atoms with Crippen molar-refractivity contribution in [3.63, 3.8) is 0 Å². The number of benzene rings is 1. The zero-order valence-electron chi connectivity index (χ0n) is 11.9. The molecular weight excluding hydrogens is 313 g/mol. The van der Waals surface area contributed by atoms with Gasteiger partial charge < -0.3 is 19.9 Å². The van der Waals surface area contributed by atoms with Crippen molar-refractivity contribution in [1.29, 1.82) is 0 Å². The van der Waals surface area contributed by atoms with Crippen molar-refractivity contribution >= 4 is 23.2 Å². The summed E-state index contributed by atoms with van der Waals surface area (Å²) in [6.45, 7) is 2.87. The molecule has 0 heterocycles. The molecule has 118 valence electrons. The van der Waals surface area contributed by atoms with E-state index in [1.165, 1.54) is 12.8 Å². The number of hydrogen-bond acceptors (Lipinski definition) is 4. The van der Waals surface area contributed by atoms with E-state index in [0.29, 0.717) is 28.9 Å². The van der Waals surface area contributed by atoms with Crippen LogP contribution in [0.3, 0.4) is 0 Å². The van der Waals surface area contributed by atoms with E-state index in [4.69, 9.17) is 32.7 Å². The molecule has 1 aliphatic carbocycles. The molecule has 0 amide bonds. The largest absolute Gasteiger partial charge is 0.489 e. The Labute approximate surface area is 135 Å². The SMILES string of the molecule is OC(CNCCOCC1CC1)COc1cc(Cl)ccc1Cl. The van der Waals surface area contributed by atoms with Crippen LogP contribution >= 0.6 is 23.2 Å². The quantitative estimate of drug-likeness (QED) is 0.646. The molecule has 2 rings (SSSR count). The Kier molecular flexibility index (Phi) is 7.07. The topological polar surface area (TPSA) is 50.7 Å². The average Bonchev–Trinajstić information content (AvgIpc) is 3.28. The lowest BCUT2D eigenvalue weighted by Crippen LogP contribution is -2.33. The van der Waals surface area contributed by atoms with E-state index in [1.54, 1.807) is 18.2 Å².